The minimum absolute atomic E-state index is 0.110. The third-order valence-corrected chi connectivity index (χ3v) is 7.75. The molecule has 6 rings (SSSR count). The van der Waals surface area contributed by atoms with Crippen LogP contribution in [0.4, 0.5) is 11.5 Å². The lowest BCUT2D eigenvalue weighted by molar-refractivity contribution is -0.387. The normalized spacial score (nSPS) is 13.5. The number of pyridine rings is 1. The summed E-state index contributed by atoms with van der Waals surface area (Å²) in [5.74, 6) is 0.904. The zero-order valence-electron chi connectivity index (χ0n) is 20.4. The van der Waals surface area contributed by atoms with Crippen molar-refractivity contribution in [2.75, 3.05) is 18.0 Å². The molecular formula is C25H22N8O4S2. The second-order valence-electron chi connectivity index (χ2n) is 8.09. The summed E-state index contributed by atoms with van der Waals surface area (Å²) < 4.78 is 10.2. The van der Waals surface area contributed by atoms with Crippen LogP contribution in [-0.4, -0.2) is 53.4 Å². The summed E-state index contributed by atoms with van der Waals surface area (Å²) in [6.45, 7) is 1.37. The number of rotatable bonds is 7. The van der Waals surface area contributed by atoms with Crippen LogP contribution < -0.4 is 4.90 Å². The highest BCUT2D eigenvalue weighted by atomic mass is 32.2. The minimum atomic E-state index is -0.435. The molecule has 1 saturated heterocycles. The van der Waals surface area contributed by atoms with Gasteiger partial charge in [0.15, 0.2) is 5.03 Å². The van der Waals surface area contributed by atoms with Gasteiger partial charge in [-0.15, -0.1) is 22.0 Å². The van der Waals surface area contributed by atoms with Gasteiger partial charge in [0, 0.05) is 30.1 Å². The van der Waals surface area contributed by atoms with Gasteiger partial charge in [0.2, 0.25) is 18.1 Å². The molecule has 0 atom stereocenters. The molecule has 39 heavy (non-hydrogen) atoms. The molecule has 0 aliphatic carbocycles. The molecule has 0 radical (unpaired) electrons. The van der Waals surface area contributed by atoms with Gasteiger partial charge in [-0.05, 0) is 48.9 Å². The van der Waals surface area contributed by atoms with Crippen molar-refractivity contribution < 1.29 is 13.8 Å². The largest absolute Gasteiger partial charge is 0.440 e. The summed E-state index contributed by atoms with van der Waals surface area (Å²) in [6.07, 6.45) is 9.15. The van der Waals surface area contributed by atoms with Gasteiger partial charge in [0.25, 0.3) is 5.22 Å². The predicted molar refractivity (Wildman–Crippen MR) is 144 cm³/mol. The second-order valence-corrected chi connectivity index (χ2v) is 10.4. The van der Waals surface area contributed by atoms with E-state index < -0.39 is 4.92 Å². The fraction of sp³-hybridized carbons (Fsp3) is 0.200. The molecular weight excluding hydrogens is 540 g/mol. The Labute approximate surface area is 231 Å². The Morgan fingerprint density at radius 1 is 0.949 bits per heavy atom. The molecule has 5 heterocycles. The Hall–Kier alpha value is -4.30. The van der Waals surface area contributed by atoms with Crippen LogP contribution in [0, 0.1) is 10.1 Å². The molecule has 198 valence electrons. The van der Waals surface area contributed by atoms with E-state index in [0.717, 1.165) is 35.2 Å². The first-order valence-electron chi connectivity index (χ1n) is 11.9. The maximum Gasteiger partial charge on any atom is 0.343 e. The van der Waals surface area contributed by atoms with E-state index in [-0.39, 0.29) is 10.7 Å². The molecule has 0 bridgehead atoms. The van der Waals surface area contributed by atoms with E-state index in [1.165, 1.54) is 25.2 Å². The fourth-order valence-corrected chi connectivity index (χ4v) is 5.63. The quantitative estimate of drug-likeness (QED) is 0.141. The van der Waals surface area contributed by atoms with E-state index in [9.17, 15) is 10.1 Å². The number of nitrogens with zero attached hydrogens (tertiary/aromatic N) is 8. The van der Waals surface area contributed by atoms with E-state index in [0.29, 0.717) is 35.3 Å². The van der Waals surface area contributed by atoms with Crippen LogP contribution in [0.25, 0.3) is 11.5 Å². The summed E-state index contributed by atoms with van der Waals surface area (Å²) in [6, 6.07) is 15.5. The van der Waals surface area contributed by atoms with Crippen molar-refractivity contribution >= 4 is 35.0 Å². The van der Waals surface area contributed by atoms with Crippen molar-refractivity contribution in [2.45, 2.75) is 33.4 Å². The Kier molecular flexibility index (Phi) is 8.75. The summed E-state index contributed by atoms with van der Waals surface area (Å²) in [7, 11) is 0. The number of hydrogen-bond acceptors (Lipinski definition) is 13. The van der Waals surface area contributed by atoms with Gasteiger partial charge in [0.1, 0.15) is 12.6 Å². The number of piperidine rings is 1. The number of nitro groups is 1. The van der Waals surface area contributed by atoms with Crippen LogP contribution in [0.1, 0.15) is 12.8 Å². The Balaban J connectivity index is 0.000000233. The third kappa shape index (κ3) is 6.97. The highest BCUT2D eigenvalue weighted by Gasteiger charge is 2.31. The molecule has 14 heteroatoms. The van der Waals surface area contributed by atoms with Gasteiger partial charge in [0.05, 0.1) is 16.1 Å². The molecule has 4 aromatic heterocycles. The first-order chi connectivity index (χ1) is 19.2. The van der Waals surface area contributed by atoms with Crippen LogP contribution in [-0.2, 0) is 0 Å². The lowest BCUT2D eigenvalue weighted by atomic mass is 10.1. The average molecular weight is 563 g/mol. The van der Waals surface area contributed by atoms with Crippen molar-refractivity contribution in [3.05, 3.63) is 90.0 Å². The molecule has 1 fully saturated rings. The lowest BCUT2D eigenvalue weighted by Crippen LogP contribution is -2.35. The SMILES string of the molecule is O=[N+]([O-])c1c(Sc2ncco2)ncnc1N1CCC(Sc2ccccn2)CC1.c1ccc(-c2nnco2)cc1. The Morgan fingerprint density at radius 3 is 2.44 bits per heavy atom. The number of thioether (sulfide) groups is 1. The number of benzene rings is 1. The third-order valence-electron chi connectivity index (χ3n) is 5.59. The zero-order valence-corrected chi connectivity index (χ0v) is 22.1. The van der Waals surface area contributed by atoms with Crippen molar-refractivity contribution in [2.24, 2.45) is 0 Å². The smallest absolute Gasteiger partial charge is 0.343 e. The van der Waals surface area contributed by atoms with Gasteiger partial charge in [-0.1, -0.05) is 24.3 Å². The van der Waals surface area contributed by atoms with E-state index in [1.54, 1.807) is 18.0 Å². The van der Waals surface area contributed by atoms with Gasteiger partial charge in [-0.25, -0.2) is 19.9 Å². The monoisotopic (exact) mass is 562 g/mol. The van der Waals surface area contributed by atoms with Crippen LogP contribution in [0.15, 0.2) is 104 Å². The highest BCUT2D eigenvalue weighted by molar-refractivity contribution is 7.99. The molecule has 0 N–H and O–H groups in total. The Morgan fingerprint density at radius 2 is 1.77 bits per heavy atom. The molecule has 1 aliphatic heterocycles. The summed E-state index contributed by atoms with van der Waals surface area (Å²) in [5, 5.41) is 21.0. The summed E-state index contributed by atoms with van der Waals surface area (Å²) >= 11 is 2.77. The lowest BCUT2D eigenvalue weighted by Gasteiger charge is -2.31. The van der Waals surface area contributed by atoms with Crippen molar-refractivity contribution in [1.29, 1.82) is 0 Å². The zero-order chi connectivity index (χ0) is 26.9. The standard InChI is InChI=1S/C17H16N6O3S2.C8H6N2O/c24-23(25)14-15(20-11-21-16(14)28-17-19-7-10-26-17)22-8-4-12(5-9-22)27-13-3-1-2-6-18-13;1-2-4-7(5-3-1)8-10-9-6-11-8/h1-3,6-7,10-12H,4-5,8-9H2;1-6H. The predicted octanol–water partition coefficient (Wildman–Crippen LogP) is 5.42. The van der Waals surface area contributed by atoms with Gasteiger partial charge in [-0.2, -0.15) is 0 Å². The minimum Gasteiger partial charge on any atom is -0.440 e. The molecule has 1 aliphatic rings. The van der Waals surface area contributed by atoms with E-state index >= 15 is 0 Å². The molecule has 12 nitrogen and oxygen atoms in total. The highest BCUT2D eigenvalue weighted by Crippen LogP contribution is 2.39. The van der Waals surface area contributed by atoms with Crippen LogP contribution in [0.3, 0.4) is 0 Å². The molecule has 0 amide bonds. The van der Waals surface area contributed by atoms with Crippen molar-refractivity contribution in [3.8, 4) is 11.5 Å². The van der Waals surface area contributed by atoms with E-state index in [4.69, 9.17) is 8.83 Å². The second kappa shape index (κ2) is 13.0. The van der Waals surface area contributed by atoms with Gasteiger partial charge >= 0.3 is 5.69 Å². The van der Waals surface area contributed by atoms with Crippen LogP contribution in [0.2, 0.25) is 0 Å². The first-order valence-corrected chi connectivity index (χ1v) is 13.6. The maximum absolute atomic E-state index is 11.7. The number of oxazole rings is 1. The van der Waals surface area contributed by atoms with Gasteiger partial charge < -0.3 is 13.7 Å². The van der Waals surface area contributed by atoms with Crippen molar-refractivity contribution in [3.63, 3.8) is 0 Å². The topological polar surface area (TPSA) is 150 Å². The fourth-order valence-electron chi connectivity index (χ4n) is 3.82. The number of aromatic nitrogens is 6. The Bertz CT molecular complexity index is 1450. The van der Waals surface area contributed by atoms with E-state index in [2.05, 4.69) is 30.1 Å². The summed E-state index contributed by atoms with van der Waals surface area (Å²) in [4.78, 5) is 29.9. The summed E-state index contributed by atoms with van der Waals surface area (Å²) in [5.41, 5.74) is 0.839. The van der Waals surface area contributed by atoms with Gasteiger partial charge in [-0.3, -0.25) is 10.1 Å². The first kappa shape index (κ1) is 26.3. The molecule has 5 aromatic rings. The van der Waals surface area contributed by atoms with Crippen LogP contribution in [0.5, 0.6) is 0 Å². The molecule has 0 spiro atoms. The average Bonchev–Trinajstić information content (AvgIpc) is 3.70. The molecule has 1 aromatic carbocycles. The number of hydrogen-bond donors (Lipinski definition) is 0. The van der Waals surface area contributed by atoms with Crippen molar-refractivity contribution in [1.82, 2.24) is 30.1 Å². The van der Waals surface area contributed by atoms with E-state index in [1.807, 2.05) is 53.4 Å². The molecule has 0 saturated carbocycles. The van der Waals surface area contributed by atoms with Crippen LogP contribution >= 0.6 is 23.5 Å². The maximum atomic E-state index is 11.7. The molecule has 0 unspecified atom stereocenters. The number of anilines is 1.